The number of likely N-dealkylation sites (N-methyl/N-ethyl adjacent to an activating group) is 1. The molecule has 7 aliphatic rings. The summed E-state index contributed by atoms with van der Waals surface area (Å²) in [5.41, 5.74) is -10.8. The number of aliphatic hydroxyl groups is 12. The molecule has 7 saturated heterocycles. The first-order valence-electron chi connectivity index (χ1n) is 51.4. The normalized spacial score (nSPS) is 46.8. The van der Waals surface area contributed by atoms with Gasteiger partial charge in [-0.2, -0.15) is 0 Å². The first-order valence-corrected chi connectivity index (χ1v) is 51.4. The molecule has 7 fully saturated rings. The molecule has 0 amide bonds. The van der Waals surface area contributed by atoms with Gasteiger partial charge in [0.2, 0.25) is 0 Å². The van der Waals surface area contributed by atoms with Gasteiger partial charge in [0.25, 0.3) is 0 Å². The molecule has 0 aromatic carbocycles. The first kappa shape index (κ1) is 127. The van der Waals surface area contributed by atoms with Crippen LogP contribution in [0.3, 0.4) is 0 Å². The molecule has 43 atom stereocenters. The van der Waals surface area contributed by atoms with Gasteiger partial charge in [0.15, 0.2) is 18.9 Å². The van der Waals surface area contributed by atoms with Crippen LogP contribution < -0.4 is 5.32 Å². The van der Waals surface area contributed by atoms with Gasteiger partial charge in [-0.25, -0.2) is 0 Å². The summed E-state index contributed by atoms with van der Waals surface area (Å²) in [6.45, 7) is 58.9. The van der Waals surface area contributed by atoms with Crippen molar-refractivity contribution in [2.24, 2.45) is 104 Å². The molecule has 0 spiro atoms. The third kappa shape index (κ3) is 31.9. The minimum absolute atomic E-state index is 0.0306. The van der Waals surface area contributed by atoms with E-state index in [1.807, 2.05) is 95.2 Å². The molecule has 0 radical (unpaired) electrons. The van der Waals surface area contributed by atoms with E-state index < -0.39 is 239 Å². The largest absolute Gasteiger partial charge is 0.459 e. The summed E-state index contributed by atoms with van der Waals surface area (Å²) in [5.74, 6) is -10.0. The molecule has 816 valence electrons. The summed E-state index contributed by atoms with van der Waals surface area (Å²) in [7, 11) is 8.42. The van der Waals surface area contributed by atoms with E-state index in [-0.39, 0.29) is 112 Å². The zero-order valence-electron chi connectivity index (χ0n) is 91.5. The van der Waals surface area contributed by atoms with E-state index in [2.05, 4.69) is 20.8 Å². The highest BCUT2D eigenvalue weighted by Crippen LogP contribution is 2.47. The Morgan fingerprint density at radius 1 is 0.410 bits per heavy atom. The van der Waals surface area contributed by atoms with E-state index in [0.29, 0.717) is 36.8 Å². The fraction of sp³-hybridized carbons (Fsp3) is 0.942. The van der Waals surface area contributed by atoms with Crippen molar-refractivity contribution in [1.29, 1.82) is 0 Å². The molecule has 0 saturated carbocycles. The van der Waals surface area contributed by atoms with Crippen molar-refractivity contribution in [3.63, 3.8) is 0 Å². The van der Waals surface area contributed by atoms with Gasteiger partial charge in [-0.3, -0.25) is 18.8 Å². The van der Waals surface area contributed by atoms with Gasteiger partial charge < -0.3 is 143 Å². The second-order valence-electron chi connectivity index (χ2n) is 44.0. The van der Waals surface area contributed by atoms with Crippen LogP contribution in [0, 0.1) is 88.8 Å². The molecular formula is C103H192FN5O30. The average Bonchev–Trinajstić information content (AvgIpc) is 0.784. The van der Waals surface area contributed by atoms with E-state index >= 15 is 0 Å². The molecule has 0 aromatic heterocycles. The molecular weight excluding hydrogens is 1810 g/mol. The fourth-order valence-corrected chi connectivity index (χ4v) is 21.6. The molecule has 13 N–H and O–H groups in total. The number of ether oxygens (including phenoxy) is 12. The Labute approximate surface area is 831 Å². The molecule has 1 unspecified atom stereocenters. The van der Waals surface area contributed by atoms with Gasteiger partial charge in [0, 0.05) is 102 Å². The van der Waals surface area contributed by atoms with Crippen molar-refractivity contribution in [2.75, 3.05) is 74.9 Å². The van der Waals surface area contributed by atoms with E-state index in [1.54, 1.807) is 125 Å². The number of nitrogens with one attached hydrogen (secondary N) is 1. The summed E-state index contributed by atoms with van der Waals surface area (Å²) in [6.07, 6.45) is -13.7. The lowest BCUT2D eigenvalue weighted by atomic mass is 9.70. The van der Waals surface area contributed by atoms with E-state index in [4.69, 9.17) is 71.4 Å². The Balaban J connectivity index is 0.000000431. The second kappa shape index (κ2) is 54.1. The Hall–Kier alpha value is -4.17. The van der Waals surface area contributed by atoms with Crippen LogP contribution in [0.2, 0.25) is 0 Å². The van der Waals surface area contributed by atoms with Gasteiger partial charge in [-0.05, 0) is 199 Å². The minimum Gasteiger partial charge on any atom is -0.459 e. The minimum atomic E-state index is -1.89. The lowest BCUT2D eigenvalue weighted by Crippen LogP contribution is -2.58. The predicted octanol–water partition coefficient (Wildman–Crippen LogP) is 10.6. The van der Waals surface area contributed by atoms with Crippen molar-refractivity contribution in [1.82, 2.24) is 10.2 Å². The number of oxime groups is 3. The van der Waals surface area contributed by atoms with E-state index in [9.17, 15) is 80.1 Å². The van der Waals surface area contributed by atoms with Crippen LogP contribution in [0.4, 0.5) is 4.39 Å². The summed E-state index contributed by atoms with van der Waals surface area (Å²) in [6, 6.07) is 0. The highest BCUT2D eigenvalue weighted by molar-refractivity contribution is 5.90. The zero-order valence-corrected chi connectivity index (χ0v) is 91.5. The molecule has 36 heteroatoms. The number of esters is 3. The van der Waals surface area contributed by atoms with Crippen molar-refractivity contribution in [3.8, 4) is 0 Å². The number of aliphatic hydroxyl groups excluding tert-OH is 6. The number of rotatable bonds is 22. The molecule has 0 aromatic rings. The topological polar surface area (TPSA) is 485 Å². The smallest absolute Gasteiger partial charge is 0.311 e. The second-order valence-corrected chi connectivity index (χ2v) is 44.0. The molecule has 35 nitrogen and oxygen atoms in total. The quantitative estimate of drug-likeness (QED) is 0.0207. The highest BCUT2D eigenvalue weighted by Gasteiger charge is 2.57. The van der Waals surface area contributed by atoms with Crippen LogP contribution >= 0.6 is 0 Å². The molecule has 7 heterocycles. The number of carbonyl (C=O) groups excluding carboxylic acids is 3. The Bertz CT molecular complexity index is 3760. The number of methoxy groups -OCH3 is 3. The Morgan fingerprint density at radius 2 is 0.683 bits per heavy atom. The standard InChI is InChI=1S/C34H62N2O10.C34H64N2O10.C33H60FNO10.C2H6/c1-12-25-34(10,41)29(37)20(4)27(36-46-24-13-14-35-17-24)18(2)15-32(8,40)22(6)19(3)28(21(5)31(39)44-25)45-26-16-33(9,42-11)30(38)23(7)43-26;1-14-25-34(10,41)29(37)21(4)27(35-43-16-15-36(11)12)19(2)17-32(8,40)23(6)20(3)28(22(5)31(39)45-25)46-26-18-33(9,42-13)30(38)24(7)44-26;1-12-24-33(10,40)28(36)20(4)26(35-42-15-13-14-34)18(2)16-31(8,39)22(6)19(3)27(21(5)30(38)44-24)45-25-17-32(9,41-11)29(37)23(7)43-25;1-2/h18-26,28-30,35,37-38,40-41H,12-17H2,1-11H3;19-26,28-30,37-38,40-41H,14-18H2,1-13H3;18-25,27-29,36-37,39-40H,12-17H2,1-11H3;1-2H3/t18-,19-,20+,21-,22-,23+,24?,25-,26+,28+,29-,30+,32-,33-,34-;19-,20-,21+,22-,23-,24+,25-,26+,28+,29-,30+,32-,33-,34-;18-,19-,20+,21-,22-,23+,24-,25+,27+,28-,29+,31-,32-,33-;/m111./s1. The first-order chi connectivity index (χ1) is 64.2. The SMILES string of the molecule is CC.CC[C@H]1OC(=O)[C@H](C)[C@@H](O[C@H]2C[C@@](C)(OC)[C@@H](O)[C@H](C)O2)[C@H](C)[C@@H](C)[C@](C)(O)C[C@@H](C)C(=NOC2CCNC2)[C@H](C)[C@@H](O)[C@]1(C)O.CC[C@H]1OC(=O)[C@H](C)[C@@H](O[C@H]2C[C@@](C)(OC)[C@@H](O)[C@H](C)O2)[C@H](C)[C@@H](C)[C@](C)(O)C[C@@H](C)C(=NOCCCF)[C@H](C)[C@@H](O)[C@]1(C)O.CC[C@H]1OC(=O)[C@H](C)[C@@H](O[C@H]2C[C@@](C)(OC)[C@@H](O)[C@H](C)O2)[C@H](C)[C@@H](C)[C@](C)(O)C[C@@H](C)C(=NOCCN(C)C)[C@H](C)[C@@H](O)[C@]1(C)O. The third-order valence-corrected chi connectivity index (χ3v) is 32.6. The van der Waals surface area contributed by atoms with Crippen LogP contribution in [0.15, 0.2) is 15.5 Å². The fourth-order valence-electron chi connectivity index (χ4n) is 21.6. The zero-order chi connectivity index (χ0) is 107. The van der Waals surface area contributed by atoms with Crippen LogP contribution in [0.25, 0.3) is 0 Å². The molecule has 7 aliphatic heterocycles. The van der Waals surface area contributed by atoms with Gasteiger partial charge in [-0.15, -0.1) is 0 Å². The van der Waals surface area contributed by atoms with Crippen LogP contribution in [-0.2, 0) is 85.7 Å². The average molecular weight is 2000 g/mol. The Kier molecular flexibility index (Phi) is 49.5. The van der Waals surface area contributed by atoms with E-state index in [0.717, 1.165) is 13.0 Å². The molecule has 0 aliphatic carbocycles. The van der Waals surface area contributed by atoms with Crippen molar-refractivity contribution in [3.05, 3.63) is 0 Å². The monoisotopic (exact) mass is 2000 g/mol. The van der Waals surface area contributed by atoms with Gasteiger partial charge >= 0.3 is 17.9 Å². The number of carbonyl (C=O) groups is 3. The molecule has 139 heavy (non-hydrogen) atoms. The number of halogens is 1. The van der Waals surface area contributed by atoms with Gasteiger partial charge in [0.1, 0.15) is 72.7 Å². The number of hydrogen-bond acceptors (Lipinski definition) is 35. The van der Waals surface area contributed by atoms with Crippen molar-refractivity contribution < 1.29 is 151 Å². The van der Waals surface area contributed by atoms with Crippen molar-refractivity contribution in [2.45, 2.75) is 459 Å². The lowest BCUT2D eigenvalue weighted by Gasteiger charge is -2.47. The summed E-state index contributed by atoms with van der Waals surface area (Å²) in [4.78, 5) is 60.4. The van der Waals surface area contributed by atoms with Crippen molar-refractivity contribution >= 4 is 35.0 Å². The maximum Gasteiger partial charge on any atom is 0.311 e. The van der Waals surface area contributed by atoms with Crippen LogP contribution in [0.1, 0.15) is 292 Å². The van der Waals surface area contributed by atoms with Gasteiger partial charge in [-0.1, -0.05) is 133 Å². The molecule has 7 rings (SSSR count). The number of nitrogens with zero attached hydrogens (tertiary/aromatic N) is 4. The predicted molar refractivity (Wildman–Crippen MR) is 526 cm³/mol. The maximum atomic E-state index is 13.8. The van der Waals surface area contributed by atoms with Crippen LogP contribution in [-0.4, -0.2) is 343 Å². The van der Waals surface area contributed by atoms with Gasteiger partial charge in [0.05, 0.1) is 130 Å². The number of alkyl halides is 1. The summed E-state index contributed by atoms with van der Waals surface area (Å²) in [5, 5.41) is 155. The molecule has 0 bridgehead atoms. The third-order valence-electron chi connectivity index (χ3n) is 32.6. The number of hydrogen-bond donors (Lipinski definition) is 13. The summed E-state index contributed by atoms with van der Waals surface area (Å²) >= 11 is 0. The Morgan fingerprint density at radius 3 is 0.928 bits per heavy atom. The highest BCUT2D eigenvalue weighted by atomic mass is 19.1. The lowest BCUT2D eigenvalue weighted by molar-refractivity contribution is -0.298. The van der Waals surface area contributed by atoms with E-state index in [1.165, 1.54) is 42.1 Å². The van der Waals surface area contributed by atoms with Crippen LogP contribution in [0.5, 0.6) is 0 Å². The summed E-state index contributed by atoms with van der Waals surface area (Å²) < 4.78 is 85.4. The maximum absolute atomic E-state index is 13.8. The number of cyclic esters (lactones) is 3.